The molecule has 1 aromatic heterocycles. The Labute approximate surface area is 87.5 Å². The minimum absolute atomic E-state index is 0.0791. The molecule has 0 bridgehead atoms. The van der Waals surface area contributed by atoms with E-state index in [-0.39, 0.29) is 11.9 Å². The number of nitrogens with zero attached hydrogens (tertiary/aromatic N) is 2. The molecule has 2 rings (SSSR count). The van der Waals surface area contributed by atoms with Gasteiger partial charge in [0, 0.05) is 26.1 Å². The first-order valence-corrected chi connectivity index (χ1v) is 4.81. The van der Waals surface area contributed by atoms with Crippen LogP contribution < -0.4 is 16.0 Å². The van der Waals surface area contributed by atoms with Gasteiger partial charge in [-0.25, -0.2) is 9.97 Å². The number of carbonyl (C=O) groups is 1. The highest BCUT2D eigenvalue weighted by Crippen LogP contribution is 2.11. The minimum atomic E-state index is 0.0791. The molecule has 80 valence electrons. The van der Waals surface area contributed by atoms with E-state index in [4.69, 9.17) is 0 Å². The van der Waals surface area contributed by atoms with Crippen molar-refractivity contribution < 1.29 is 4.79 Å². The molecule has 0 aliphatic carbocycles. The fourth-order valence-corrected chi connectivity index (χ4v) is 1.49. The lowest BCUT2D eigenvalue weighted by Gasteiger charge is -2.11. The molecule has 1 aliphatic rings. The summed E-state index contributed by atoms with van der Waals surface area (Å²) in [5, 5.41) is 8.86. The van der Waals surface area contributed by atoms with E-state index >= 15 is 0 Å². The predicted molar refractivity (Wildman–Crippen MR) is 56.6 cm³/mol. The van der Waals surface area contributed by atoms with Gasteiger partial charge in [0.15, 0.2) is 0 Å². The largest absolute Gasteiger partial charge is 0.373 e. The molecule has 1 saturated heterocycles. The van der Waals surface area contributed by atoms with Crippen LogP contribution in [0, 0.1) is 0 Å². The standard InChI is InChI=1S/C9H13N5O/c1-10-7-3-8(13-5-12-7)14-6-2-9(15)11-4-6/h3,5-6H,2,4H2,1H3,(H,11,15)(H2,10,12,13,14). The van der Waals surface area contributed by atoms with Gasteiger partial charge in [-0.1, -0.05) is 0 Å². The number of anilines is 2. The van der Waals surface area contributed by atoms with E-state index in [1.807, 2.05) is 6.07 Å². The lowest BCUT2D eigenvalue weighted by atomic mass is 10.2. The van der Waals surface area contributed by atoms with E-state index in [9.17, 15) is 4.79 Å². The number of amides is 1. The smallest absolute Gasteiger partial charge is 0.222 e. The van der Waals surface area contributed by atoms with Crippen LogP contribution in [0.15, 0.2) is 12.4 Å². The minimum Gasteiger partial charge on any atom is -0.373 e. The van der Waals surface area contributed by atoms with E-state index in [0.29, 0.717) is 13.0 Å². The molecule has 1 aromatic rings. The maximum absolute atomic E-state index is 11.0. The third-order valence-corrected chi connectivity index (χ3v) is 2.25. The Kier molecular flexibility index (Phi) is 2.66. The number of hydrogen-bond acceptors (Lipinski definition) is 5. The van der Waals surface area contributed by atoms with Crippen LogP contribution in [0.1, 0.15) is 6.42 Å². The summed E-state index contributed by atoms with van der Waals surface area (Å²) in [4.78, 5) is 19.0. The first kappa shape index (κ1) is 9.70. The van der Waals surface area contributed by atoms with Crippen molar-refractivity contribution in [3.8, 4) is 0 Å². The Morgan fingerprint density at radius 3 is 2.93 bits per heavy atom. The molecule has 6 nitrogen and oxygen atoms in total. The van der Waals surface area contributed by atoms with Gasteiger partial charge in [0.1, 0.15) is 18.0 Å². The molecule has 0 spiro atoms. The topological polar surface area (TPSA) is 78.9 Å². The molecule has 0 radical (unpaired) electrons. The van der Waals surface area contributed by atoms with Gasteiger partial charge in [0.2, 0.25) is 5.91 Å². The van der Waals surface area contributed by atoms with Crippen molar-refractivity contribution in [1.29, 1.82) is 0 Å². The lowest BCUT2D eigenvalue weighted by Crippen LogP contribution is -2.22. The summed E-state index contributed by atoms with van der Waals surface area (Å²) in [5.41, 5.74) is 0. The summed E-state index contributed by atoms with van der Waals surface area (Å²) in [6.45, 7) is 0.651. The summed E-state index contributed by atoms with van der Waals surface area (Å²) < 4.78 is 0. The van der Waals surface area contributed by atoms with Crippen LogP contribution in [0.5, 0.6) is 0 Å². The zero-order valence-corrected chi connectivity index (χ0v) is 8.45. The van der Waals surface area contributed by atoms with Crippen molar-refractivity contribution in [2.45, 2.75) is 12.5 Å². The van der Waals surface area contributed by atoms with Crippen molar-refractivity contribution in [3.63, 3.8) is 0 Å². The van der Waals surface area contributed by atoms with Crippen LogP contribution in [0.4, 0.5) is 11.6 Å². The van der Waals surface area contributed by atoms with Crippen molar-refractivity contribution in [1.82, 2.24) is 15.3 Å². The number of aromatic nitrogens is 2. The molecule has 1 unspecified atom stereocenters. The molecule has 0 aromatic carbocycles. The fourth-order valence-electron chi connectivity index (χ4n) is 1.49. The van der Waals surface area contributed by atoms with Crippen LogP contribution >= 0.6 is 0 Å². The molecule has 1 atom stereocenters. The molecular weight excluding hydrogens is 194 g/mol. The Morgan fingerprint density at radius 1 is 1.47 bits per heavy atom. The highest BCUT2D eigenvalue weighted by molar-refractivity contribution is 5.79. The first-order chi connectivity index (χ1) is 7.28. The van der Waals surface area contributed by atoms with Crippen molar-refractivity contribution in [2.75, 3.05) is 24.2 Å². The van der Waals surface area contributed by atoms with Gasteiger partial charge >= 0.3 is 0 Å². The molecular formula is C9H13N5O. The Balaban J connectivity index is 2.01. The van der Waals surface area contributed by atoms with Gasteiger partial charge in [0.25, 0.3) is 0 Å². The normalized spacial score (nSPS) is 19.8. The van der Waals surface area contributed by atoms with E-state index in [1.165, 1.54) is 6.33 Å². The summed E-state index contributed by atoms with van der Waals surface area (Å²) >= 11 is 0. The first-order valence-electron chi connectivity index (χ1n) is 4.81. The quantitative estimate of drug-likeness (QED) is 0.640. The van der Waals surface area contributed by atoms with Gasteiger partial charge < -0.3 is 16.0 Å². The van der Waals surface area contributed by atoms with E-state index in [1.54, 1.807) is 7.05 Å². The van der Waals surface area contributed by atoms with Gasteiger partial charge in [-0.3, -0.25) is 4.79 Å². The summed E-state index contributed by atoms with van der Waals surface area (Å²) in [7, 11) is 1.80. The molecule has 1 amide bonds. The van der Waals surface area contributed by atoms with Crippen LogP contribution in [0.25, 0.3) is 0 Å². The SMILES string of the molecule is CNc1cc(NC2CNC(=O)C2)ncn1. The Morgan fingerprint density at radius 2 is 2.27 bits per heavy atom. The molecule has 0 saturated carbocycles. The van der Waals surface area contributed by atoms with Crippen molar-refractivity contribution in [2.24, 2.45) is 0 Å². The van der Waals surface area contributed by atoms with Crippen molar-refractivity contribution in [3.05, 3.63) is 12.4 Å². The third-order valence-electron chi connectivity index (χ3n) is 2.25. The average Bonchev–Trinajstić information content (AvgIpc) is 2.64. The van der Waals surface area contributed by atoms with Gasteiger partial charge in [-0.2, -0.15) is 0 Å². The van der Waals surface area contributed by atoms with Crippen LogP contribution in [0.3, 0.4) is 0 Å². The number of hydrogen-bond donors (Lipinski definition) is 3. The summed E-state index contributed by atoms with van der Waals surface area (Å²) in [6.07, 6.45) is 1.98. The molecule has 6 heteroatoms. The third kappa shape index (κ3) is 2.34. The lowest BCUT2D eigenvalue weighted by molar-refractivity contribution is -0.119. The monoisotopic (exact) mass is 207 g/mol. The second-order valence-corrected chi connectivity index (χ2v) is 3.39. The van der Waals surface area contributed by atoms with Crippen LogP contribution in [-0.4, -0.2) is 35.5 Å². The summed E-state index contributed by atoms with van der Waals surface area (Å²) in [5.74, 6) is 1.57. The highest BCUT2D eigenvalue weighted by Gasteiger charge is 2.21. The molecule has 15 heavy (non-hydrogen) atoms. The zero-order valence-electron chi connectivity index (χ0n) is 8.45. The van der Waals surface area contributed by atoms with E-state index < -0.39 is 0 Å². The van der Waals surface area contributed by atoms with E-state index in [0.717, 1.165) is 11.6 Å². The Hall–Kier alpha value is -1.85. The number of nitrogens with one attached hydrogen (secondary N) is 3. The maximum atomic E-state index is 11.0. The van der Waals surface area contributed by atoms with Gasteiger partial charge in [-0.15, -0.1) is 0 Å². The highest BCUT2D eigenvalue weighted by atomic mass is 16.1. The Bertz CT molecular complexity index is 367. The zero-order chi connectivity index (χ0) is 10.7. The van der Waals surface area contributed by atoms with E-state index in [2.05, 4.69) is 25.9 Å². The predicted octanol–water partition coefficient (Wildman–Crippen LogP) is -0.181. The molecule has 1 aliphatic heterocycles. The average molecular weight is 207 g/mol. The molecule has 3 N–H and O–H groups in total. The van der Waals surface area contributed by atoms with Crippen molar-refractivity contribution >= 4 is 17.5 Å². The maximum Gasteiger partial charge on any atom is 0.222 e. The number of carbonyl (C=O) groups excluding carboxylic acids is 1. The fraction of sp³-hybridized carbons (Fsp3) is 0.444. The second-order valence-electron chi connectivity index (χ2n) is 3.39. The summed E-state index contributed by atoms with van der Waals surface area (Å²) in [6, 6.07) is 1.93. The molecule has 2 heterocycles. The van der Waals surface area contributed by atoms with Crippen LogP contribution in [0.2, 0.25) is 0 Å². The van der Waals surface area contributed by atoms with Gasteiger partial charge in [-0.05, 0) is 0 Å². The second kappa shape index (κ2) is 4.12. The molecule has 1 fully saturated rings. The van der Waals surface area contributed by atoms with Crippen LogP contribution in [-0.2, 0) is 4.79 Å². The number of rotatable bonds is 3. The van der Waals surface area contributed by atoms with Gasteiger partial charge in [0.05, 0.1) is 6.04 Å².